The standard InChI is InChI=1S/C22H24N6O3.C2HF3O2/c1-3-4-11-28-19-18(26(2)22(28)30)17(14-25-21(19)27-12-9-24-10-13-27)31-16-8-6-5-7-15(16)20(23)29;3-2(4,5)1(6)7/h5-8,14,24H,9-13H2,1-2H3,(H2,23,29);(H,6,7). The van der Waals surface area contributed by atoms with Crippen molar-refractivity contribution in [1.29, 1.82) is 0 Å². The van der Waals surface area contributed by atoms with Gasteiger partial charge in [-0.25, -0.2) is 14.6 Å². The lowest BCUT2D eigenvalue weighted by Gasteiger charge is -2.29. The number of nitrogens with zero attached hydrogens (tertiary/aromatic N) is 4. The zero-order valence-corrected chi connectivity index (χ0v) is 20.5. The molecule has 202 valence electrons. The molecule has 1 aliphatic heterocycles. The number of imidazole rings is 1. The maximum atomic E-state index is 13.1. The molecule has 3 heterocycles. The van der Waals surface area contributed by atoms with Gasteiger partial charge in [-0.15, -0.1) is 5.92 Å². The minimum atomic E-state index is -5.08. The third-order valence-electron chi connectivity index (χ3n) is 5.54. The molecule has 4 N–H and O–H groups in total. The van der Waals surface area contributed by atoms with Crippen molar-refractivity contribution < 1.29 is 32.6 Å². The quantitative estimate of drug-likeness (QED) is 0.420. The van der Waals surface area contributed by atoms with Crippen LogP contribution in [0.3, 0.4) is 0 Å². The van der Waals surface area contributed by atoms with E-state index in [0.29, 0.717) is 28.4 Å². The number of aromatic nitrogens is 3. The van der Waals surface area contributed by atoms with Gasteiger partial charge in [0.05, 0.1) is 18.3 Å². The lowest BCUT2D eigenvalue weighted by atomic mass is 10.2. The highest BCUT2D eigenvalue weighted by atomic mass is 19.4. The molecule has 11 nitrogen and oxygen atoms in total. The van der Waals surface area contributed by atoms with Crippen molar-refractivity contribution >= 4 is 28.7 Å². The minimum absolute atomic E-state index is 0.213. The SMILES string of the molecule is CC#CCn1c(=O)n(C)c2c(Oc3ccccc3C(N)=O)cnc(N3CCNCC3)c21.O=C(O)C(F)(F)F. The molecule has 1 aliphatic rings. The van der Waals surface area contributed by atoms with E-state index in [1.54, 1.807) is 49.0 Å². The largest absolute Gasteiger partial charge is 0.490 e. The summed E-state index contributed by atoms with van der Waals surface area (Å²) in [6, 6.07) is 6.72. The van der Waals surface area contributed by atoms with E-state index in [1.165, 1.54) is 4.57 Å². The summed E-state index contributed by atoms with van der Waals surface area (Å²) >= 11 is 0. The second kappa shape index (κ2) is 11.7. The highest BCUT2D eigenvalue weighted by Gasteiger charge is 2.38. The molecule has 1 fully saturated rings. The minimum Gasteiger partial charge on any atom is -0.475 e. The lowest BCUT2D eigenvalue weighted by molar-refractivity contribution is -0.192. The van der Waals surface area contributed by atoms with Crippen LogP contribution in [0, 0.1) is 11.8 Å². The summed E-state index contributed by atoms with van der Waals surface area (Å²) in [5, 5.41) is 10.4. The topological polar surface area (TPSA) is 145 Å². The number of pyridine rings is 1. The summed E-state index contributed by atoms with van der Waals surface area (Å²) in [4.78, 5) is 40.6. The molecule has 38 heavy (non-hydrogen) atoms. The Morgan fingerprint density at radius 2 is 1.82 bits per heavy atom. The summed E-state index contributed by atoms with van der Waals surface area (Å²) in [5.74, 6) is 3.85. The summed E-state index contributed by atoms with van der Waals surface area (Å²) in [7, 11) is 1.69. The first kappa shape index (κ1) is 28.1. The maximum absolute atomic E-state index is 13.1. The molecule has 1 amide bonds. The lowest BCUT2D eigenvalue weighted by Crippen LogP contribution is -2.44. The second-order valence-corrected chi connectivity index (χ2v) is 8.00. The van der Waals surface area contributed by atoms with E-state index in [4.69, 9.17) is 20.4 Å². The number of alkyl halides is 3. The normalized spacial score (nSPS) is 13.2. The number of anilines is 1. The van der Waals surface area contributed by atoms with E-state index < -0.39 is 18.1 Å². The summed E-state index contributed by atoms with van der Waals surface area (Å²) in [5.41, 5.74) is 6.78. The number of nitrogens with two attached hydrogens (primary N) is 1. The third kappa shape index (κ3) is 6.06. The molecule has 0 unspecified atom stereocenters. The van der Waals surface area contributed by atoms with Crippen LogP contribution in [-0.4, -0.2) is 63.5 Å². The number of amides is 1. The number of carboxylic acids is 1. The molecule has 4 rings (SSSR count). The Bertz CT molecular complexity index is 1460. The summed E-state index contributed by atoms with van der Waals surface area (Å²) in [6.45, 7) is 5.19. The van der Waals surface area contributed by atoms with Gasteiger partial charge in [0.2, 0.25) is 0 Å². The van der Waals surface area contributed by atoms with Gasteiger partial charge in [0.15, 0.2) is 11.6 Å². The van der Waals surface area contributed by atoms with Crippen molar-refractivity contribution in [3.05, 3.63) is 46.5 Å². The number of fused-ring (bicyclic) bond motifs is 1. The van der Waals surface area contributed by atoms with E-state index in [1.807, 2.05) is 0 Å². The van der Waals surface area contributed by atoms with Crippen LogP contribution >= 0.6 is 0 Å². The van der Waals surface area contributed by atoms with Gasteiger partial charge in [-0.2, -0.15) is 13.2 Å². The molecule has 0 saturated carbocycles. The highest BCUT2D eigenvalue weighted by Crippen LogP contribution is 2.35. The number of hydrogen-bond acceptors (Lipinski definition) is 7. The molecule has 0 radical (unpaired) electrons. The molecule has 0 atom stereocenters. The fourth-order valence-corrected chi connectivity index (χ4v) is 3.77. The van der Waals surface area contributed by atoms with Gasteiger partial charge in [0, 0.05) is 33.2 Å². The van der Waals surface area contributed by atoms with Crippen LogP contribution in [0.4, 0.5) is 19.0 Å². The first-order valence-electron chi connectivity index (χ1n) is 11.3. The number of carbonyl (C=O) groups excluding carboxylic acids is 1. The molecular formula is C24H25F3N6O5. The Kier molecular flexibility index (Phi) is 8.64. The number of rotatable bonds is 5. The number of carboxylic acid groups (broad SMARTS) is 1. The zero-order valence-electron chi connectivity index (χ0n) is 20.5. The van der Waals surface area contributed by atoms with Gasteiger partial charge in [0.1, 0.15) is 16.8 Å². The highest BCUT2D eigenvalue weighted by molar-refractivity contribution is 5.96. The van der Waals surface area contributed by atoms with Crippen molar-refractivity contribution in [3.63, 3.8) is 0 Å². The molecule has 0 aliphatic carbocycles. The number of halogens is 3. The van der Waals surface area contributed by atoms with E-state index in [-0.39, 0.29) is 17.8 Å². The Morgan fingerprint density at radius 3 is 2.39 bits per heavy atom. The molecule has 14 heteroatoms. The van der Waals surface area contributed by atoms with Gasteiger partial charge in [-0.05, 0) is 19.1 Å². The number of aryl methyl sites for hydroxylation is 1. The number of ether oxygens (including phenoxy) is 1. The first-order valence-corrected chi connectivity index (χ1v) is 11.3. The van der Waals surface area contributed by atoms with Gasteiger partial charge < -0.3 is 25.8 Å². The van der Waals surface area contributed by atoms with Crippen LogP contribution in [0.5, 0.6) is 11.5 Å². The number of nitrogens with one attached hydrogen (secondary N) is 1. The van der Waals surface area contributed by atoms with E-state index in [0.717, 1.165) is 26.2 Å². The number of piperazine rings is 1. The predicted octanol–water partition coefficient (Wildman–Crippen LogP) is 1.69. The van der Waals surface area contributed by atoms with Crippen LogP contribution in [0.1, 0.15) is 17.3 Å². The summed E-state index contributed by atoms with van der Waals surface area (Å²) < 4.78 is 41.0. The third-order valence-corrected chi connectivity index (χ3v) is 5.54. The fraction of sp³-hybridized carbons (Fsp3) is 0.333. The average Bonchev–Trinajstić information content (AvgIpc) is 3.13. The van der Waals surface area contributed by atoms with Crippen molar-refractivity contribution in [2.45, 2.75) is 19.6 Å². The van der Waals surface area contributed by atoms with Crippen molar-refractivity contribution in [2.24, 2.45) is 12.8 Å². The molecular weight excluding hydrogens is 509 g/mol. The van der Waals surface area contributed by atoms with Crippen molar-refractivity contribution in [2.75, 3.05) is 31.1 Å². The van der Waals surface area contributed by atoms with E-state index >= 15 is 0 Å². The van der Waals surface area contributed by atoms with Crippen molar-refractivity contribution in [3.8, 4) is 23.3 Å². The number of benzene rings is 1. The molecule has 1 saturated heterocycles. The Balaban J connectivity index is 0.000000505. The van der Waals surface area contributed by atoms with Crippen LogP contribution in [0.2, 0.25) is 0 Å². The molecule has 3 aromatic rings. The number of para-hydroxylation sites is 1. The Hall–Kier alpha value is -4.51. The van der Waals surface area contributed by atoms with Crippen LogP contribution < -0.4 is 26.4 Å². The molecule has 0 bridgehead atoms. The predicted molar refractivity (Wildman–Crippen MR) is 132 cm³/mol. The number of aliphatic carboxylic acids is 1. The van der Waals surface area contributed by atoms with E-state index in [9.17, 15) is 22.8 Å². The molecule has 1 aromatic carbocycles. The zero-order chi connectivity index (χ0) is 28.0. The van der Waals surface area contributed by atoms with Gasteiger partial charge in [0.25, 0.3) is 5.91 Å². The Labute approximate surface area is 214 Å². The Morgan fingerprint density at radius 1 is 1.18 bits per heavy atom. The van der Waals surface area contributed by atoms with Crippen LogP contribution in [0.25, 0.3) is 11.0 Å². The van der Waals surface area contributed by atoms with Crippen molar-refractivity contribution in [1.82, 2.24) is 19.4 Å². The number of primary amides is 1. The molecule has 2 aromatic heterocycles. The average molecular weight is 534 g/mol. The monoisotopic (exact) mass is 534 g/mol. The number of carbonyl (C=O) groups is 2. The summed E-state index contributed by atoms with van der Waals surface area (Å²) in [6.07, 6.45) is -3.49. The van der Waals surface area contributed by atoms with E-state index in [2.05, 4.69) is 27.0 Å². The first-order chi connectivity index (χ1) is 18.0. The van der Waals surface area contributed by atoms with Crippen LogP contribution in [-0.2, 0) is 18.4 Å². The van der Waals surface area contributed by atoms with Gasteiger partial charge >= 0.3 is 17.8 Å². The van der Waals surface area contributed by atoms with Crippen LogP contribution in [0.15, 0.2) is 35.3 Å². The van der Waals surface area contributed by atoms with Gasteiger partial charge in [-0.3, -0.25) is 13.9 Å². The molecule has 0 spiro atoms. The maximum Gasteiger partial charge on any atom is 0.490 e. The number of hydrogen-bond donors (Lipinski definition) is 3. The fourth-order valence-electron chi connectivity index (χ4n) is 3.77. The second-order valence-electron chi connectivity index (χ2n) is 8.00. The van der Waals surface area contributed by atoms with Gasteiger partial charge in [-0.1, -0.05) is 18.1 Å². The smallest absolute Gasteiger partial charge is 0.475 e.